The molecule has 2 aromatic rings. The fourth-order valence-electron chi connectivity index (χ4n) is 3.31. The SMILES string of the molecule is O=C(c1cn2cccnc2n1)N1CC2CCCNC2C1. The lowest BCUT2D eigenvalue weighted by Gasteiger charge is -2.24. The molecule has 0 radical (unpaired) electrons. The lowest BCUT2D eigenvalue weighted by molar-refractivity contribution is 0.0780. The Balaban J connectivity index is 1.58. The van der Waals surface area contributed by atoms with Gasteiger partial charge < -0.3 is 10.2 Å². The summed E-state index contributed by atoms with van der Waals surface area (Å²) in [7, 11) is 0. The number of nitrogens with one attached hydrogen (secondary N) is 1. The first kappa shape index (κ1) is 11.8. The van der Waals surface area contributed by atoms with E-state index in [1.807, 2.05) is 17.2 Å². The largest absolute Gasteiger partial charge is 0.335 e. The second-order valence-electron chi connectivity index (χ2n) is 5.63. The summed E-state index contributed by atoms with van der Waals surface area (Å²) in [6.45, 7) is 2.71. The molecule has 0 aliphatic carbocycles. The van der Waals surface area contributed by atoms with E-state index in [9.17, 15) is 4.79 Å². The molecule has 0 spiro atoms. The molecule has 2 fully saturated rings. The average molecular weight is 271 g/mol. The second kappa shape index (κ2) is 4.56. The molecular formula is C14H17N5O. The van der Waals surface area contributed by atoms with Gasteiger partial charge in [0.25, 0.3) is 5.91 Å². The van der Waals surface area contributed by atoms with Gasteiger partial charge in [0.15, 0.2) is 0 Å². The lowest BCUT2D eigenvalue weighted by Crippen LogP contribution is -2.41. The first-order valence-electron chi connectivity index (χ1n) is 7.13. The van der Waals surface area contributed by atoms with Crippen molar-refractivity contribution in [3.05, 3.63) is 30.4 Å². The molecule has 2 unspecified atom stereocenters. The Bertz CT molecular complexity index is 605. The summed E-state index contributed by atoms with van der Waals surface area (Å²) < 4.78 is 1.79. The van der Waals surface area contributed by atoms with Crippen molar-refractivity contribution in [1.82, 2.24) is 24.6 Å². The van der Waals surface area contributed by atoms with Crippen LogP contribution >= 0.6 is 0 Å². The van der Waals surface area contributed by atoms with E-state index in [1.165, 1.54) is 12.8 Å². The molecule has 0 saturated carbocycles. The van der Waals surface area contributed by atoms with Gasteiger partial charge in [0.05, 0.1) is 0 Å². The second-order valence-corrected chi connectivity index (χ2v) is 5.63. The predicted molar refractivity (Wildman–Crippen MR) is 73.4 cm³/mol. The number of likely N-dealkylation sites (tertiary alicyclic amines) is 1. The molecule has 0 bridgehead atoms. The lowest BCUT2D eigenvalue weighted by atomic mass is 9.94. The van der Waals surface area contributed by atoms with Gasteiger partial charge in [-0.3, -0.25) is 9.20 Å². The monoisotopic (exact) mass is 271 g/mol. The van der Waals surface area contributed by atoms with Crippen LogP contribution in [0.5, 0.6) is 0 Å². The quantitative estimate of drug-likeness (QED) is 0.823. The summed E-state index contributed by atoms with van der Waals surface area (Å²) in [5.41, 5.74) is 0.488. The number of hydrogen-bond donors (Lipinski definition) is 1. The van der Waals surface area contributed by atoms with Crippen LogP contribution in [0.15, 0.2) is 24.7 Å². The molecule has 4 rings (SSSR count). The van der Waals surface area contributed by atoms with Crippen molar-refractivity contribution in [1.29, 1.82) is 0 Å². The van der Waals surface area contributed by atoms with Crippen molar-refractivity contribution in [2.75, 3.05) is 19.6 Å². The number of rotatable bonds is 1. The van der Waals surface area contributed by atoms with E-state index in [0.717, 1.165) is 19.6 Å². The van der Waals surface area contributed by atoms with Crippen LogP contribution < -0.4 is 5.32 Å². The summed E-state index contributed by atoms with van der Waals surface area (Å²) in [6, 6.07) is 2.29. The normalized spacial score (nSPS) is 25.9. The Kier molecular flexibility index (Phi) is 2.70. The maximum atomic E-state index is 12.6. The van der Waals surface area contributed by atoms with Crippen LogP contribution in [0, 0.1) is 5.92 Å². The predicted octanol–water partition coefficient (Wildman–Crippen LogP) is 0.553. The van der Waals surface area contributed by atoms with Crippen LogP contribution in [0.3, 0.4) is 0 Å². The summed E-state index contributed by atoms with van der Waals surface area (Å²) in [5, 5.41) is 3.51. The molecule has 0 aromatic carbocycles. The van der Waals surface area contributed by atoms with Gasteiger partial charge >= 0.3 is 0 Å². The highest BCUT2D eigenvalue weighted by Gasteiger charge is 2.37. The molecule has 4 heterocycles. The third kappa shape index (κ3) is 1.87. The van der Waals surface area contributed by atoms with Gasteiger partial charge in [-0.2, -0.15) is 0 Å². The van der Waals surface area contributed by atoms with E-state index in [1.54, 1.807) is 16.8 Å². The number of imidazole rings is 1. The van der Waals surface area contributed by atoms with Crippen molar-refractivity contribution >= 4 is 11.7 Å². The molecule has 2 atom stereocenters. The fourth-order valence-corrected chi connectivity index (χ4v) is 3.31. The van der Waals surface area contributed by atoms with Gasteiger partial charge in [-0.05, 0) is 31.4 Å². The molecule has 104 valence electrons. The molecule has 20 heavy (non-hydrogen) atoms. The molecule has 2 aliphatic heterocycles. The number of aromatic nitrogens is 3. The number of hydrogen-bond acceptors (Lipinski definition) is 4. The Morgan fingerprint density at radius 2 is 2.35 bits per heavy atom. The van der Waals surface area contributed by atoms with Crippen LogP contribution in [0.4, 0.5) is 0 Å². The van der Waals surface area contributed by atoms with Crippen molar-refractivity contribution < 1.29 is 4.79 Å². The number of amides is 1. The van der Waals surface area contributed by atoms with Crippen LogP contribution in [0.1, 0.15) is 23.3 Å². The van der Waals surface area contributed by atoms with E-state index in [4.69, 9.17) is 0 Å². The zero-order valence-electron chi connectivity index (χ0n) is 11.2. The van der Waals surface area contributed by atoms with Crippen molar-refractivity contribution in [2.24, 2.45) is 5.92 Å². The number of carbonyl (C=O) groups excluding carboxylic acids is 1. The Labute approximate surface area is 116 Å². The maximum Gasteiger partial charge on any atom is 0.274 e. The molecule has 2 aromatic heterocycles. The topological polar surface area (TPSA) is 62.5 Å². The zero-order valence-corrected chi connectivity index (χ0v) is 11.2. The number of nitrogens with zero attached hydrogens (tertiary/aromatic N) is 4. The number of piperidine rings is 1. The van der Waals surface area contributed by atoms with E-state index >= 15 is 0 Å². The molecule has 6 nitrogen and oxygen atoms in total. The highest BCUT2D eigenvalue weighted by molar-refractivity contribution is 5.93. The zero-order chi connectivity index (χ0) is 13.5. The highest BCUT2D eigenvalue weighted by atomic mass is 16.2. The number of carbonyl (C=O) groups is 1. The Hall–Kier alpha value is -1.95. The van der Waals surface area contributed by atoms with Crippen LogP contribution in [0.2, 0.25) is 0 Å². The standard InChI is InChI=1S/C14H17N5O/c20-13(12-9-18-6-2-5-16-14(18)17-12)19-7-10-3-1-4-15-11(10)8-19/h2,5-6,9-11,15H,1,3-4,7-8H2. The van der Waals surface area contributed by atoms with Crippen molar-refractivity contribution in [3.8, 4) is 0 Å². The first-order valence-corrected chi connectivity index (χ1v) is 7.13. The van der Waals surface area contributed by atoms with Gasteiger partial charge in [-0.25, -0.2) is 9.97 Å². The minimum atomic E-state index is 0.0201. The molecule has 2 aliphatic rings. The van der Waals surface area contributed by atoms with E-state index in [2.05, 4.69) is 15.3 Å². The maximum absolute atomic E-state index is 12.6. The van der Waals surface area contributed by atoms with E-state index < -0.39 is 0 Å². The van der Waals surface area contributed by atoms with Gasteiger partial charge in [0.1, 0.15) is 5.69 Å². The van der Waals surface area contributed by atoms with E-state index in [0.29, 0.717) is 23.4 Å². The third-order valence-corrected chi connectivity index (χ3v) is 4.34. The minimum absolute atomic E-state index is 0.0201. The van der Waals surface area contributed by atoms with Gasteiger partial charge in [-0.15, -0.1) is 0 Å². The van der Waals surface area contributed by atoms with Gasteiger partial charge in [-0.1, -0.05) is 0 Å². The molecule has 1 N–H and O–H groups in total. The summed E-state index contributed by atoms with van der Waals surface area (Å²) in [4.78, 5) is 22.9. The van der Waals surface area contributed by atoms with Crippen molar-refractivity contribution in [3.63, 3.8) is 0 Å². The third-order valence-electron chi connectivity index (χ3n) is 4.34. The molecule has 2 saturated heterocycles. The highest BCUT2D eigenvalue weighted by Crippen LogP contribution is 2.25. The van der Waals surface area contributed by atoms with Crippen LogP contribution in [-0.2, 0) is 0 Å². The summed E-state index contributed by atoms with van der Waals surface area (Å²) >= 11 is 0. The molecular weight excluding hydrogens is 254 g/mol. The summed E-state index contributed by atoms with van der Waals surface area (Å²) in [6.07, 6.45) is 7.73. The van der Waals surface area contributed by atoms with Crippen molar-refractivity contribution in [2.45, 2.75) is 18.9 Å². The van der Waals surface area contributed by atoms with Crippen LogP contribution in [0.25, 0.3) is 5.78 Å². The van der Waals surface area contributed by atoms with Gasteiger partial charge in [0, 0.05) is 37.7 Å². The number of fused-ring (bicyclic) bond motifs is 2. The molecule has 1 amide bonds. The fraction of sp³-hybridized carbons (Fsp3) is 0.500. The average Bonchev–Trinajstić information content (AvgIpc) is 3.10. The Morgan fingerprint density at radius 1 is 1.40 bits per heavy atom. The minimum Gasteiger partial charge on any atom is -0.335 e. The summed E-state index contributed by atoms with van der Waals surface area (Å²) in [5.74, 6) is 1.19. The van der Waals surface area contributed by atoms with Crippen LogP contribution in [-0.4, -0.2) is 50.9 Å². The van der Waals surface area contributed by atoms with Gasteiger partial charge in [0.2, 0.25) is 5.78 Å². The smallest absolute Gasteiger partial charge is 0.274 e. The molecule has 6 heteroatoms. The first-order chi connectivity index (χ1) is 9.81. The Morgan fingerprint density at radius 3 is 3.20 bits per heavy atom. The van der Waals surface area contributed by atoms with E-state index in [-0.39, 0.29) is 5.91 Å².